The van der Waals surface area contributed by atoms with Crippen LogP contribution in [0.5, 0.6) is 0 Å². The highest BCUT2D eigenvalue weighted by Crippen LogP contribution is 2.38. The Labute approximate surface area is 170 Å². The fourth-order valence-corrected chi connectivity index (χ4v) is 4.95. The molecule has 0 radical (unpaired) electrons. The van der Waals surface area contributed by atoms with Crippen molar-refractivity contribution in [1.29, 1.82) is 0 Å². The molecule has 2 N–H and O–H groups in total. The van der Waals surface area contributed by atoms with E-state index >= 15 is 0 Å². The van der Waals surface area contributed by atoms with Gasteiger partial charge in [0.2, 0.25) is 11.8 Å². The minimum Gasteiger partial charge on any atom is -0.381 e. The third-order valence-electron chi connectivity index (χ3n) is 6.52. The van der Waals surface area contributed by atoms with Crippen molar-refractivity contribution < 1.29 is 14.3 Å². The van der Waals surface area contributed by atoms with Gasteiger partial charge in [0.05, 0.1) is 16.8 Å². The number of hydrogen-bond donors (Lipinski definition) is 2. The first-order valence-electron chi connectivity index (χ1n) is 10.3. The molecule has 2 amide bonds. The van der Waals surface area contributed by atoms with E-state index in [2.05, 4.69) is 15.5 Å². The molecule has 2 fully saturated rings. The van der Waals surface area contributed by atoms with Crippen LogP contribution >= 0.6 is 0 Å². The SMILES string of the molecule is O=C1Nc2ccccc2N2CC(NC(=O)C3(c4ccccc4)CCOCC3)CC12. The van der Waals surface area contributed by atoms with Crippen molar-refractivity contribution in [3.05, 3.63) is 60.2 Å². The lowest BCUT2D eigenvalue weighted by Gasteiger charge is -2.37. The normalized spacial score (nSPS) is 25.0. The number of benzene rings is 2. The van der Waals surface area contributed by atoms with Crippen LogP contribution in [0.3, 0.4) is 0 Å². The second-order valence-corrected chi connectivity index (χ2v) is 8.14. The van der Waals surface area contributed by atoms with Crippen molar-refractivity contribution >= 4 is 23.2 Å². The van der Waals surface area contributed by atoms with Gasteiger partial charge in [0.1, 0.15) is 6.04 Å². The van der Waals surface area contributed by atoms with E-state index in [4.69, 9.17) is 4.74 Å². The Hall–Kier alpha value is -2.86. The summed E-state index contributed by atoms with van der Waals surface area (Å²) in [5.41, 5.74) is 2.34. The molecule has 5 rings (SSSR count). The summed E-state index contributed by atoms with van der Waals surface area (Å²) in [6, 6.07) is 17.5. The zero-order valence-corrected chi connectivity index (χ0v) is 16.3. The summed E-state index contributed by atoms with van der Waals surface area (Å²) < 4.78 is 5.56. The van der Waals surface area contributed by atoms with Crippen molar-refractivity contribution in [3.63, 3.8) is 0 Å². The third kappa shape index (κ3) is 3.08. The van der Waals surface area contributed by atoms with E-state index in [1.54, 1.807) is 0 Å². The topological polar surface area (TPSA) is 70.7 Å². The molecule has 29 heavy (non-hydrogen) atoms. The molecule has 6 nitrogen and oxygen atoms in total. The van der Waals surface area contributed by atoms with Gasteiger partial charge in [-0.2, -0.15) is 0 Å². The van der Waals surface area contributed by atoms with Crippen LogP contribution in [0.15, 0.2) is 54.6 Å². The maximum Gasteiger partial charge on any atom is 0.247 e. The van der Waals surface area contributed by atoms with Crippen LogP contribution in [0.2, 0.25) is 0 Å². The highest BCUT2D eigenvalue weighted by atomic mass is 16.5. The van der Waals surface area contributed by atoms with Gasteiger partial charge >= 0.3 is 0 Å². The zero-order valence-electron chi connectivity index (χ0n) is 16.3. The molecule has 0 aromatic heterocycles. The van der Waals surface area contributed by atoms with Crippen molar-refractivity contribution in [2.75, 3.05) is 30.0 Å². The summed E-state index contributed by atoms with van der Waals surface area (Å²) in [5, 5.41) is 6.27. The average molecular weight is 391 g/mol. The van der Waals surface area contributed by atoms with E-state index in [0.29, 0.717) is 39.0 Å². The molecule has 2 atom stereocenters. The number of ether oxygens (including phenoxy) is 1. The summed E-state index contributed by atoms with van der Waals surface area (Å²) in [4.78, 5) is 28.2. The fraction of sp³-hybridized carbons (Fsp3) is 0.391. The predicted molar refractivity (Wildman–Crippen MR) is 111 cm³/mol. The van der Waals surface area contributed by atoms with Crippen LogP contribution < -0.4 is 15.5 Å². The van der Waals surface area contributed by atoms with Crippen LogP contribution in [0.1, 0.15) is 24.8 Å². The lowest BCUT2D eigenvalue weighted by molar-refractivity contribution is -0.131. The lowest BCUT2D eigenvalue weighted by atomic mass is 9.73. The zero-order chi connectivity index (χ0) is 19.8. The van der Waals surface area contributed by atoms with Gasteiger partial charge in [-0.1, -0.05) is 42.5 Å². The Balaban J connectivity index is 1.38. The third-order valence-corrected chi connectivity index (χ3v) is 6.52. The van der Waals surface area contributed by atoms with Crippen molar-refractivity contribution in [2.45, 2.75) is 36.8 Å². The molecule has 0 bridgehead atoms. The van der Waals surface area contributed by atoms with Gasteiger partial charge in [-0.05, 0) is 37.0 Å². The molecule has 6 heteroatoms. The van der Waals surface area contributed by atoms with Crippen LogP contribution in [0.25, 0.3) is 0 Å². The Morgan fingerprint density at radius 3 is 2.59 bits per heavy atom. The molecule has 2 unspecified atom stereocenters. The molecule has 3 heterocycles. The predicted octanol–water partition coefficient (Wildman–Crippen LogP) is 2.45. The van der Waals surface area contributed by atoms with Crippen molar-refractivity contribution in [1.82, 2.24) is 5.32 Å². The fourth-order valence-electron chi connectivity index (χ4n) is 4.95. The number of carbonyl (C=O) groups is 2. The first kappa shape index (κ1) is 18.2. The number of hydrogen-bond acceptors (Lipinski definition) is 4. The monoisotopic (exact) mass is 391 g/mol. The Morgan fingerprint density at radius 2 is 1.79 bits per heavy atom. The number of anilines is 2. The largest absolute Gasteiger partial charge is 0.381 e. The smallest absolute Gasteiger partial charge is 0.247 e. The summed E-state index contributed by atoms with van der Waals surface area (Å²) in [6.45, 7) is 1.80. The molecule has 3 aliphatic heterocycles. The van der Waals surface area contributed by atoms with E-state index in [1.807, 2.05) is 54.6 Å². The molecule has 3 aliphatic rings. The summed E-state index contributed by atoms with van der Waals surface area (Å²) in [7, 11) is 0. The summed E-state index contributed by atoms with van der Waals surface area (Å²) >= 11 is 0. The minimum absolute atomic E-state index is 0.00397. The summed E-state index contributed by atoms with van der Waals surface area (Å²) in [6.07, 6.45) is 1.96. The lowest BCUT2D eigenvalue weighted by Crippen LogP contribution is -2.51. The van der Waals surface area contributed by atoms with E-state index in [1.165, 1.54) is 0 Å². The second kappa shape index (κ2) is 7.19. The maximum atomic E-state index is 13.5. The Bertz CT molecular complexity index is 924. The number of para-hydroxylation sites is 2. The number of carbonyl (C=O) groups excluding carboxylic acids is 2. The number of nitrogens with zero attached hydrogens (tertiary/aromatic N) is 1. The van der Waals surface area contributed by atoms with Gasteiger partial charge in [-0.3, -0.25) is 9.59 Å². The Kier molecular flexibility index (Phi) is 4.51. The van der Waals surface area contributed by atoms with E-state index in [0.717, 1.165) is 16.9 Å². The first-order valence-corrected chi connectivity index (χ1v) is 10.3. The second-order valence-electron chi connectivity index (χ2n) is 8.14. The molecule has 0 saturated carbocycles. The van der Waals surface area contributed by atoms with Crippen LogP contribution in [-0.2, 0) is 19.7 Å². The van der Waals surface area contributed by atoms with E-state index in [-0.39, 0.29) is 23.9 Å². The maximum absolute atomic E-state index is 13.5. The molecular formula is C23H25N3O3. The van der Waals surface area contributed by atoms with E-state index < -0.39 is 5.41 Å². The summed E-state index contributed by atoms with van der Waals surface area (Å²) in [5.74, 6) is 0.0508. The van der Waals surface area contributed by atoms with Gasteiger partial charge in [0.15, 0.2) is 0 Å². The van der Waals surface area contributed by atoms with Crippen LogP contribution in [0.4, 0.5) is 11.4 Å². The quantitative estimate of drug-likeness (QED) is 0.843. The number of fused-ring (bicyclic) bond motifs is 3. The van der Waals surface area contributed by atoms with Gasteiger partial charge < -0.3 is 20.3 Å². The number of rotatable bonds is 3. The molecule has 2 saturated heterocycles. The minimum atomic E-state index is -0.567. The highest BCUT2D eigenvalue weighted by Gasteiger charge is 2.46. The van der Waals surface area contributed by atoms with Gasteiger partial charge in [0, 0.05) is 25.8 Å². The molecule has 150 valence electrons. The van der Waals surface area contributed by atoms with Gasteiger partial charge in [-0.15, -0.1) is 0 Å². The van der Waals surface area contributed by atoms with E-state index in [9.17, 15) is 9.59 Å². The molecule has 2 aromatic rings. The molecule has 0 aliphatic carbocycles. The van der Waals surface area contributed by atoms with Gasteiger partial charge in [-0.25, -0.2) is 0 Å². The molecule has 2 aromatic carbocycles. The standard InChI is InChI=1S/C23H25N3O3/c27-21-20-14-17(15-26(20)19-9-5-4-8-18(19)25-21)24-22(28)23(10-12-29-13-11-23)16-6-2-1-3-7-16/h1-9,17,20H,10-15H2,(H,24,28)(H,25,27). The number of nitrogens with one attached hydrogen (secondary N) is 2. The first-order chi connectivity index (χ1) is 14.2. The molecule has 0 spiro atoms. The molecular weight excluding hydrogens is 366 g/mol. The Morgan fingerprint density at radius 1 is 1.07 bits per heavy atom. The van der Waals surface area contributed by atoms with Crippen molar-refractivity contribution in [3.8, 4) is 0 Å². The highest BCUT2D eigenvalue weighted by molar-refractivity contribution is 6.04. The van der Waals surface area contributed by atoms with Gasteiger partial charge in [0.25, 0.3) is 0 Å². The number of amides is 2. The van der Waals surface area contributed by atoms with Crippen molar-refractivity contribution in [2.24, 2.45) is 0 Å². The average Bonchev–Trinajstić information content (AvgIpc) is 3.19. The van der Waals surface area contributed by atoms with Crippen LogP contribution in [0, 0.1) is 0 Å². The van der Waals surface area contributed by atoms with Crippen LogP contribution in [-0.4, -0.2) is 43.7 Å².